The van der Waals surface area contributed by atoms with Crippen LogP contribution in [0.2, 0.25) is 0 Å². The molecule has 3 atom stereocenters. The van der Waals surface area contributed by atoms with Gasteiger partial charge in [0.05, 0.1) is 6.07 Å². The van der Waals surface area contributed by atoms with Crippen LogP contribution < -0.4 is 5.32 Å². The first-order chi connectivity index (χ1) is 9.02. The fourth-order valence-corrected chi connectivity index (χ4v) is 3.00. The van der Waals surface area contributed by atoms with Gasteiger partial charge in [-0.05, 0) is 24.7 Å². The molecule has 2 rings (SSSR count). The standard InChI is InChI=1S/C14H21N3O2/c1-9(2)11(7-15)14(19)17-6-5-12-10(8-17)3-4-13(18)16-12/h9-12H,3-6,8H2,1-2H3,(H,16,18). The van der Waals surface area contributed by atoms with Crippen LogP contribution >= 0.6 is 0 Å². The van der Waals surface area contributed by atoms with E-state index in [0.717, 1.165) is 12.8 Å². The predicted octanol–water partition coefficient (Wildman–Crippen LogP) is 0.909. The van der Waals surface area contributed by atoms with Crippen LogP contribution in [-0.4, -0.2) is 35.8 Å². The highest BCUT2D eigenvalue weighted by Crippen LogP contribution is 2.27. The average molecular weight is 263 g/mol. The third-order valence-corrected chi connectivity index (χ3v) is 4.21. The Hall–Kier alpha value is -1.57. The van der Waals surface area contributed by atoms with Crippen molar-refractivity contribution in [3.05, 3.63) is 0 Å². The molecule has 2 heterocycles. The summed E-state index contributed by atoms with van der Waals surface area (Å²) in [5.41, 5.74) is 0. The summed E-state index contributed by atoms with van der Waals surface area (Å²) in [7, 11) is 0. The number of nitriles is 1. The molecule has 0 aromatic carbocycles. The van der Waals surface area contributed by atoms with E-state index in [1.54, 1.807) is 0 Å². The van der Waals surface area contributed by atoms with Crippen LogP contribution in [0.1, 0.15) is 33.1 Å². The molecule has 0 bridgehead atoms. The van der Waals surface area contributed by atoms with Gasteiger partial charge in [-0.15, -0.1) is 0 Å². The molecule has 104 valence electrons. The summed E-state index contributed by atoms with van der Waals surface area (Å²) in [5.74, 6) is -0.0797. The van der Waals surface area contributed by atoms with Gasteiger partial charge in [-0.1, -0.05) is 13.8 Å². The predicted molar refractivity (Wildman–Crippen MR) is 69.8 cm³/mol. The lowest BCUT2D eigenvalue weighted by molar-refractivity contribution is -0.138. The summed E-state index contributed by atoms with van der Waals surface area (Å²) in [4.78, 5) is 25.5. The molecule has 0 aromatic rings. The maximum absolute atomic E-state index is 12.3. The van der Waals surface area contributed by atoms with Crippen molar-refractivity contribution >= 4 is 11.8 Å². The lowest BCUT2D eigenvalue weighted by atomic mass is 9.84. The molecule has 0 saturated carbocycles. The first kappa shape index (κ1) is 13.9. The molecule has 2 saturated heterocycles. The average Bonchev–Trinajstić information content (AvgIpc) is 2.38. The van der Waals surface area contributed by atoms with E-state index < -0.39 is 5.92 Å². The minimum Gasteiger partial charge on any atom is -0.353 e. The minimum atomic E-state index is -0.547. The van der Waals surface area contributed by atoms with Gasteiger partial charge in [0.2, 0.25) is 11.8 Å². The number of piperidine rings is 2. The van der Waals surface area contributed by atoms with Gasteiger partial charge < -0.3 is 10.2 Å². The summed E-state index contributed by atoms with van der Waals surface area (Å²) in [6, 6.07) is 2.33. The van der Waals surface area contributed by atoms with E-state index in [9.17, 15) is 9.59 Å². The lowest BCUT2D eigenvalue weighted by Crippen LogP contribution is -2.56. The van der Waals surface area contributed by atoms with E-state index in [-0.39, 0.29) is 23.8 Å². The molecule has 0 radical (unpaired) electrons. The Morgan fingerprint density at radius 2 is 2.21 bits per heavy atom. The maximum atomic E-state index is 12.3. The van der Waals surface area contributed by atoms with Crippen LogP contribution in [0.4, 0.5) is 0 Å². The number of nitrogens with zero attached hydrogens (tertiary/aromatic N) is 2. The Morgan fingerprint density at radius 1 is 1.47 bits per heavy atom. The maximum Gasteiger partial charge on any atom is 0.240 e. The third kappa shape index (κ3) is 2.89. The van der Waals surface area contributed by atoms with Crippen LogP contribution in [0.25, 0.3) is 0 Å². The second kappa shape index (κ2) is 5.60. The van der Waals surface area contributed by atoms with Gasteiger partial charge in [-0.25, -0.2) is 0 Å². The molecule has 0 aromatic heterocycles. The fourth-order valence-electron chi connectivity index (χ4n) is 3.00. The zero-order chi connectivity index (χ0) is 14.0. The summed E-state index contributed by atoms with van der Waals surface area (Å²) in [5, 5.41) is 12.1. The molecular formula is C14H21N3O2. The number of nitrogens with one attached hydrogen (secondary N) is 1. The van der Waals surface area contributed by atoms with Gasteiger partial charge >= 0.3 is 0 Å². The molecule has 0 aliphatic carbocycles. The molecule has 5 nitrogen and oxygen atoms in total. The third-order valence-electron chi connectivity index (χ3n) is 4.21. The smallest absolute Gasteiger partial charge is 0.240 e. The number of carbonyl (C=O) groups excluding carboxylic acids is 2. The van der Waals surface area contributed by atoms with E-state index in [2.05, 4.69) is 11.4 Å². The Labute approximate surface area is 113 Å². The summed E-state index contributed by atoms with van der Waals surface area (Å²) in [6.07, 6.45) is 2.20. The highest BCUT2D eigenvalue weighted by molar-refractivity contribution is 5.82. The first-order valence-electron chi connectivity index (χ1n) is 7.00. The van der Waals surface area contributed by atoms with E-state index in [0.29, 0.717) is 25.4 Å². The molecule has 2 aliphatic heterocycles. The van der Waals surface area contributed by atoms with E-state index in [1.165, 1.54) is 0 Å². The molecule has 2 fully saturated rings. The zero-order valence-electron chi connectivity index (χ0n) is 11.6. The van der Waals surface area contributed by atoms with Gasteiger partial charge in [0.15, 0.2) is 0 Å². The van der Waals surface area contributed by atoms with Gasteiger partial charge in [0, 0.05) is 25.6 Å². The van der Waals surface area contributed by atoms with Crippen molar-refractivity contribution in [2.45, 2.75) is 39.2 Å². The Balaban J connectivity index is 1.99. The number of fused-ring (bicyclic) bond motifs is 1. The molecule has 19 heavy (non-hydrogen) atoms. The second-order valence-electron chi connectivity index (χ2n) is 5.90. The van der Waals surface area contributed by atoms with Crippen molar-refractivity contribution in [1.82, 2.24) is 10.2 Å². The quantitative estimate of drug-likeness (QED) is 0.804. The monoisotopic (exact) mass is 263 g/mol. The molecule has 5 heteroatoms. The number of carbonyl (C=O) groups is 2. The number of hydrogen-bond acceptors (Lipinski definition) is 3. The molecular weight excluding hydrogens is 242 g/mol. The molecule has 2 amide bonds. The number of amides is 2. The summed E-state index contributed by atoms with van der Waals surface area (Å²) in [6.45, 7) is 5.12. The van der Waals surface area contributed by atoms with Gasteiger partial charge in [0.1, 0.15) is 5.92 Å². The van der Waals surface area contributed by atoms with E-state index in [1.807, 2.05) is 18.7 Å². The van der Waals surface area contributed by atoms with Crippen LogP contribution in [0.3, 0.4) is 0 Å². The Kier molecular flexibility index (Phi) is 4.08. The van der Waals surface area contributed by atoms with Gasteiger partial charge in [-0.3, -0.25) is 9.59 Å². The van der Waals surface area contributed by atoms with Gasteiger partial charge in [-0.2, -0.15) is 5.26 Å². The Morgan fingerprint density at radius 3 is 2.84 bits per heavy atom. The van der Waals surface area contributed by atoms with Crippen molar-refractivity contribution in [1.29, 1.82) is 5.26 Å². The van der Waals surface area contributed by atoms with Crippen LogP contribution in [0, 0.1) is 29.1 Å². The van der Waals surface area contributed by atoms with Crippen LogP contribution in [-0.2, 0) is 9.59 Å². The van der Waals surface area contributed by atoms with Crippen LogP contribution in [0.15, 0.2) is 0 Å². The van der Waals surface area contributed by atoms with Crippen LogP contribution in [0.5, 0.6) is 0 Å². The highest BCUT2D eigenvalue weighted by Gasteiger charge is 2.37. The molecule has 0 spiro atoms. The van der Waals surface area contributed by atoms with Crippen molar-refractivity contribution in [2.24, 2.45) is 17.8 Å². The fraction of sp³-hybridized carbons (Fsp3) is 0.786. The minimum absolute atomic E-state index is 0.0429. The van der Waals surface area contributed by atoms with E-state index in [4.69, 9.17) is 5.26 Å². The SMILES string of the molecule is CC(C)C(C#N)C(=O)N1CCC2NC(=O)CCC2C1. The highest BCUT2D eigenvalue weighted by atomic mass is 16.2. The largest absolute Gasteiger partial charge is 0.353 e. The summed E-state index contributed by atoms with van der Waals surface area (Å²) >= 11 is 0. The topological polar surface area (TPSA) is 73.2 Å². The lowest BCUT2D eigenvalue weighted by Gasteiger charge is -2.42. The van der Waals surface area contributed by atoms with Gasteiger partial charge in [0.25, 0.3) is 0 Å². The number of likely N-dealkylation sites (tertiary alicyclic amines) is 1. The number of rotatable bonds is 2. The normalized spacial score (nSPS) is 28.3. The molecule has 3 unspecified atom stereocenters. The van der Waals surface area contributed by atoms with Crippen molar-refractivity contribution in [3.63, 3.8) is 0 Å². The second-order valence-corrected chi connectivity index (χ2v) is 5.90. The van der Waals surface area contributed by atoms with Crippen molar-refractivity contribution in [3.8, 4) is 6.07 Å². The first-order valence-corrected chi connectivity index (χ1v) is 7.00. The Bertz CT molecular complexity index is 413. The van der Waals surface area contributed by atoms with E-state index >= 15 is 0 Å². The summed E-state index contributed by atoms with van der Waals surface area (Å²) < 4.78 is 0. The zero-order valence-corrected chi connectivity index (χ0v) is 11.6. The van der Waals surface area contributed by atoms with Crippen molar-refractivity contribution in [2.75, 3.05) is 13.1 Å². The molecule has 1 N–H and O–H groups in total. The van der Waals surface area contributed by atoms with Crippen molar-refractivity contribution < 1.29 is 9.59 Å². The number of hydrogen-bond donors (Lipinski definition) is 1. The molecule has 2 aliphatic rings.